The summed E-state index contributed by atoms with van der Waals surface area (Å²) in [5.41, 5.74) is 0. The Morgan fingerprint density at radius 1 is 0.929 bits per heavy atom. The number of hydrogen-bond acceptors (Lipinski definition) is 4. The summed E-state index contributed by atoms with van der Waals surface area (Å²) >= 11 is 3.03. The lowest BCUT2D eigenvalue weighted by Crippen LogP contribution is -2.27. The lowest BCUT2D eigenvalue weighted by Gasteiger charge is -2.16. The van der Waals surface area contributed by atoms with Crippen LogP contribution in [0.3, 0.4) is 0 Å². The van der Waals surface area contributed by atoms with Crippen LogP contribution in [-0.2, 0) is 9.59 Å². The monoisotopic (exact) mass is 234 g/mol. The van der Waals surface area contributed by atoms with Gasteiger partial charge in [-0.2, -0.15) is 23.5 Å². The molecule has 0 saturated heterocycles. The summed E-state index contributed by atoms with van der Waals surface area (Å²) in [6.07, 6.45) is 3.80. The van der Waals surface area contributed by atoms with E-state index in [0.29, 0.717) is 11.5 Å². The van der Waals surface area contributed by atoms with Gasteiger partial charge in [0, 0.05) is 11.8 Å². The summed E-state index contributed by atoms with van der Waals surface area (Å²) in [5.74, 6) is 1.11. The lowest BCUT2D eigenvalue weighted by molar-refractivity contribution is -0.128. The van der Waals surface area contributed by atoms with Crippen LogP contribution in [0, 0.1) is 11.8 Å². The third-order valence-corrected chi connectivity index (χ3v) is 3.49. The van der Waals surface area contributed by atoms with Gasteiger partial charge in [-0.1, -0.05) is 13.8 Å². The predicted octanol–water partition coefficient (Wildman–Crippen LogP) is 2.12. The first-order valence-corrected chi connectivity index (χ1v) is 7.36. The molecule has 2 nitrogen and oxygen atoms in total. The van der Waals surface area contributed by atoms with E-state index in [1.54, 1.807) is 0 Å². The molecule has 0 heterocycles. The molecule has 14 heavy (non-hydrogen) atoms. The molecular formula is C10H18O2S2. The summed E-state index contributed by atoms with van der Waals surface area (Å²) in [6.45, 7) is 3.70. The summed E-state index contributed by atoms with van der Waals surface area (Å²) in [7, 11) is 0. The normalized spacial score (nSPS) is 14.9. The third-order valence-electron chi connectivity index (χ3n) is 2.34. The number of thioether (sulfide) groups is 2. The zero-order chi connectivity index (χ0) is 11.1. The topological polar surface area (TPSA) is 34.1 Å². The van der Waals surface area contributed by atoms with Crippen LogP contribution in [0.15, 0.2) is 0 Å². The maximum Gasteiger partial charge on any atom is 0.146 e. The average molecular weight is 234 g/mol. The fraction of sp³-hybridized carbons (Fsp3) is 0.800. The molecule has 0 aliphatic rings. The molecule has 0 aliphatic carbocycles. The number of ketones is 2. The van der Waals surface area contributed by atoms with Gasteiger partial charge in [0.1, 0.15) is 11.6 Å². The van der Waals surface area contributed by atoms with Gasteiger partial charge in [0.2, 0.25) is 0 Å². The Bertz CT molecular complexity index is 182. The maximum absolute atomic E-state index is 11.5. The first-order chi connectivity index (χ1) is 6.54. The van der Waals surface area contributed by atoms with Crippen molar-refractivity contribution in [2.75, 3.05) is 24.0 Å². The van der Waals surface area contributed by atoms with Gasteiger partial charge in [-0.25, -0.2) is 0 Å². The molecule has 0 aromatic carbocycles. The van der Waals surface area contributed by atoms with Crippen molar-refractivity contribution < 1.29 is 9.59 Å². The van der Waals surface area contributed by atoms with Crippen molar-refractivity contribution in [3.63, 3.8) is 0 Å². The molecule has 1 unspecified atom stereocenters. The van der Waals surface area contributed by atoms with Crippen LogP contribution in [0.4, 0.5) is 0 Å². The number of Topliss-reactive ketones (excluding diaryl/α,β-unsaturated/α-hetero) is 2. The second-order valence-corrected chi connectivity index (χ2v) is 5.11. The van der Waals surface area contributed by atoms with Crippen molar-refractivity contribution in [2.24, 2.45) is 11.8 Å². The molecular weight excluding hydrogens is 216 g/mol. The SMILES string of the molecule is CSCC(=O)C(C)[C@H](C)C(=O)CSC. The van der Waals surface area contributed by atoms with Crippen LogP contribution in [-0.4, -0.2) is 35.6 Å². The van der Waals surface area contributed by atoms with E-state index < -0.39 is 0 Å². The highest BCUT2D eigenvalue weighted by atomic mass is 32.2. The summed E-state index contributed by atoms with van der Waals surface area (Å²) < 4.78 is 0. The highest BCUT2D eigenvalue weighted by Crippen LogP contribution is 2.16. The van der Waals surface area contributed by atoms with Crippen molar-refractivity contribution in [1.29, 1.82) is 0 Å². The van der Waals surface area contributed by atoms with Gasteiger partial charge in [0.05, 0.1) is 11.5 Å². The van der Waals surface area contributed by atoms with E-state index in [0.717, 1.165) is 0 Å². The van der Waals surface area contributed by atoms with E-state index in [4.69, 9.17) is 0 Å². The molecule has 82 valence electrons. The Kier molecular flexibility index (Phi) is 7.37. The largest absolute Gasteiger partial charge is 0.298 e. The van der Waals surface area contributed by atoms with Gasteiger partial charge >= 0.3 is 0 Å². The minimum absolute atomic E-state index is 0.137. The molecule has 0 spiro atoms. The van der Waals surface area contributed by atoms with Crippen molar-refractivity contribution in [3.8, 4) is 0 Å². The smallest absolute Gasteiger partial charge is 0.146 e. The van der Waals surface area contributed by atoms with Gasteiger partial charge in [-0.05, 0) is 12.5 Å². The van der Waals surface area contributed by atoms with Gasteiger partial charge in [0.15, 0.2) is 0 Å². The average Bonchev–Trinajstić information content (AvgIpc) is 2.16. The van der Waals surface area contributed by atoms with Crippen molar-refractivity contribution in [1.82, 2.24) is 0 Å². The van der Waals surface area contributed by atoms with Crippen molar-refractivity contribution in [3.05, 3.63) is 0 Å². The fourth-order valence-corrected chi connectivity index (χ4v) is 2.20. The predicted molar refractivity (Wildman–Crippen MR) is 65.1 cm³/mol. The van der Waals surface area contributed by atoms with Gasteiger partial charge in [-0.15, -0.1) is 0 Å². The molecule has 0 rings (SSSR count). The van der Waals surface area contributed by atoms with Crippen LogP contribution in [0.1, 0.15) is 13.8 Å². The van der Waals surface area contributed by atoms with Crippen molar-refractivity contribution >= 4 is 35.1 Å². The second kappa shape index (κ2) is 7.35. The van der Waals surface area contributed by atoms with E-state index in [-0.39, 0.29) is 23.4 Å². The molecule has 0 fully saturated rings. The molecule has 0 bridgehead atoms. The van der Waals surface area contributed by atoms with Crippen LogP contribution in [0.5, 0.6) is 0 Å². The number of hydrogen-bond donors (Lipinski definition) is 0. The summed E-state index contributed by atoms with van der Waals surface area (Å²) in [4.78, 5) is 23.0. The molecule has 0 amide bonds. The molecule has 0 aromatic heterocycles. The van der Waals surface area contributed by atoms with Crippen LogP contribution >= 0.6 is 23.5 Å². The molecule has 0 N–H and O–H groups in total. The van der Waals surface area contributed by atoms with Crippen molar-refractivity contribution in [2.45, 2.75) is 13.8 Å². The minimum Gasteiger partial charge on any atom is -0.298 e. The van der Waals surface area contributed by atoms with Gasteiger partial charge in [0.25, 0.3) is 0 Å². The minimum atomic E-state index is -0.137. The standard InChI is InChI=1S/C10H18O2S2/c1-7(9(11)5-13-3)8(2)10(12)6-14-4/h7-8H,5-6H2,1-4H3/t7-,8?/m0/s1. The Labute approximate surface area is 94.6 Å². The zero-order valence-corrected chi connectivity index (χ0v) is 10.8. The summed E-state index contributed by atoms with van der Waals surface area (Å²) in [6, 6.07) is 0. The maximum atomic E-state index is 11.5. The zero-order valence-electron chi connectivity index (χ0n) is 9.20. The van der Waals surface area contributed by atoms with E-state index in [9.17, 15) is 9.59 Å². The first-order valence-electron chi connectivity index (χ1n) is 4.57. The third kappa shape index (κ3) is 4.51. The molecule has 4 heteroatoms. The van der Waals surface area contributed by atoms with Crippen LogP contribution in [0.25, 0.3) is 0 Å². The number of carbonyl (C=O) groups is 2. The number of rotatable bonds is 7. The molecule has 0 saturated carbocycles. The first kappa shape index (κ1) is 14.0. The molecule has 0 radical (unpaired) electrons. The van der Waals surface area contributed by atoms with E-state index in [2.05, 4.69) is 0 Å². The Hall–Kier alpha value is 0.0400. The van der Waals surface area contributed by atoms with Gasteiger partial charge < -0.3 is 0 Å². The lowest BCUT2D eigenvalue weighted by atomic mass is 9.90. The highest BCUT2D eigenvalue weighted by Gasteiger charge is 2.24. The van der Waals surface area contributed by atoms with E-state index in [1.807, 2.05) is 26.4 Å². The Morgan fingerprint density at radius 3 is 1.43 bits per heavy atom. The second-order valence-electron chi connectivity index (χ2n) is 3.38. The summed E-state index contributed by atoms with van der Waals surface area (Å²) in [5, 5.41) is 0. The van der Waals surface area contributed by atoms with Crippen LogP contribution < -0.4 is 0 Å². The molecule has 2 atom stereocenters. The van der Waals surface area contributed by atoms with Gasteiger partial charge in [-0.3, -0.25) is 9.59 Å². The molecule has 0 aliphatic heterocycles. The van der Waals surface area contributed by atoms with E-state index >= 15 is 0 Å². The Balaban J connectivity index is 4.16. The Morgan fingerprint density at radius 2 is 1.21 bits per heavy atom. The van der Waals surface area contributed by atoms with E-state index in [1.165, 1.54) is 23.5 Å². The highest BCUT2D eigenvalue weighted by molar-refractivity contribution is 7.99. The quantitative estimate of drug-likeness (QED) is 0.676. The fourth-order valence-electron chi connectivity index (χ4n) is 1.11. The van der Waals surface area contributed by atoms with Crippen LogP contribution in [0.2, 0.25) is 0 Å². The number of carbonyl (C=O) groups excluding carboxylic acids is 2. The molecule has 0 aromatic rings.